The Hall–Kier alpha value is -1.55. The smallest absolute Gasteiger partial charge is 0.170 e. The molecule has 108 valence electrons. The number of amidine groups is 1. The molecule has 2 aliphatic rings. The lowest BCUT2D eigenvalue weighted by Gasteiger charge is -2.21. The van der Waals surface area contributed by atoms with E-state index in [-0.39, 0.29) is 5.84 Å². The van der Waals surface area contributed by atoms with Crippen LogP contribution in [0.4, 0.5) is 0 Å². The van der Waals surface area contributed by atoms with Crippen LogP contribution < -0.4 is 11.1 Å². The van der Waals surface area contributed by atoms with E-state index in [0.29, 0.717) is 0 Å². The Balaban J connectivity index is 1.47. The molecule has 0 saturated heterocycles. The van der Waals surface area contributed by atoms with Crippen molar-refractivity contribution in [1.82, 2.24) is 5.32 Å². The average molecular weight is 273 g/mol. The molecule has 0 aliphatic heterocycles. The van der Waals surface area contributed by atoms with Crippen LogP contribution in [0.15, 0.2) is 29.4 Å². The first-order valence-corrected chi connectivity index (χ1v) is 7.54. The predicted molar refractivity (Wildman–Crippen MR) is 79.6 cm³/mol. The van der Waals surface area contributed by atoms with Crippen LogP contribution in [0.25, 0.3) is 0 Å². The fourth-order valence-electron chi connectivity index (χ4n) is 3.88. The van der Waals surface area contributed by atoms with Gasteiger partial charge in [0.25, 0.3) is 0 Å². The first-order valence-electron chi connectivity index (χ1n) is 7.54. The zero-order chi connectivity index (χ0) is 13.9. The zero-order valence-electron chi connectivity index (χ0n) is 11.8. The molecule has 0 spiro atoms. The van der Waals surface area contributed by atoms with Gasteiger partial charge >= 0.3 is 0 Å². The van der Waals surface area contributed by atoms with Crippen molar-refractivity contribution in [3.8, 4) is 0 Å². The molecule has 4 nitrogen and oxygen atoms in total. The second-order valence-corrected chi connectivity index (χ2v) is 6.25. The number of fused-ring (bicyclic) bond motifs is 2. The summed E-state index contributed by atoms with van der Waals surface area (Å²) in [6.45, 7) is 2.04. The van der Waals surface area contributed by atoms with Crippen molar-refractivity contribution in [2.24, 2.45) is 28.6 Å². The van der Waals surface area contributed by atoms with Gasteiger partial charge in [-0.1, -0.05) is 35.8 Å². The summed E-state index contributed by atoms with van der Waals surface area (Å²) in [5, 5.41) is 15.2. The summed E-state index contributed by atoms with van der Waals surface area (Å²) < 4.78 is 0. The van der Waals surface area contributed by atoms with Gasteiger partial charge in [0, 0.05) is 12.1 Å². The monoisotopic (exact) mass is 273 g/mol. The Morgan fingerprint density at radius 2 is 2.05 bits per heavy atom. The lowest BCUT2D eigenvalue weighted by Crippen LogP contribution is -2.26. The van der Waals surface area contributed by atoms with Gasteiger partial charge in [-0.25, -0.2) is 0 Å². The Bertz CT molecular complexity index is 483. The SMILES string of the molecule is NC(=NO)c1ccc(CNCC2CC3CCC2C3)cc1. The van der Waals surface area contributed by atoms with E-state index in [4.69, 9.17) is 10.9 Å². The summed E-state index contributed by atoms with van der Waals surface area (Å²) in [6.07, 6.45) is 5.82. The maximum Gasteiger partial charge on any atom is 0.170 e. The van der Waals surface area contributed by atoms with Crippen LogP contribution in [0.5, 0.6) is 0 Å². The van der Waals surface area contributed by atoms with Crippen LogP contribution in [0.1, 0.15) is 36.8 Å². The van der Waals surface area contributed by atoms with Crippen LogP contribution in [0.2, 0.25) is 0 Å². The maximum absolute atomic E-state index is 8.62. The lowest BCUT2D eigenvalue weighted by molar-refractivity contribution is 0.318. The molecule has 2 fully saturated rings. The van der Waals surface area contributed by atoms with Gasteiger partial charge in [-0.05, 0) is 49.1 Å². The largest absolute Gasteiger partial charge is 0.409 e. The molecular weight excluding hydrogens is 250 g/mol. The van der Waals surface area contributed by atoms with Gasteiger partial charge in [0.2, 0.25) is 0 Å². The highest BCUT2D eigenvalue weighted by Gasteiger charge is 2.38. The fourth-order valence-corrected chi connectivity index (χ4v) is 3.88. The summed E-state index contributed by atoms with van der Waals surface area (Å²) in [5.41, 5.74) is 7.54. The Kier molecular flexibility index (Phi) is 3.92. The standard InChI is InChI=1S/C16H23N3O/c17-16(19-20)13-4-1-11(2-5-13)9-18-10-15-8-12-3-6-14(15)7-12/h1-2,4-5,12,14-15,18,20H,3,6-10H2,(H2,17,19). The molecule has 0 radical (unpaired) electrons. The van der Waals surface area contributed by atoms with Gasteiger partial charge in [0.15, 0.2) is 5.84 Å². The summed E-state index contributed by atoms with van der Waals surface area (Å²) >= 11 is 0. The highest BCUT2D eigenvalue weighted by atomic mass is 16.4. The minimum absolute atomic E-state index is 0.159. The molecule has 1 aromatic carbocycles. The number of nitrogens with one attached hydrogen (secondary N) is 1. The molecule has 2 aliphatic carbocycles. The van der Waals surface area contributed by atoms with Crippen molar-refractivity contribution in [1.29, 1.82) is 0 Å². The number of oxime groups is 1. The molecule has 4 heteroatoms. The number of nitrogens with two attached hydrogens (primary N) is 1. The topological polar surface area (TPSA) is 70.6 Å². The Labute approximate surface area is 120 Å². The molecule has 20 heavy (non-hydrogen) atoms. The highest BCUT2D eigenvalue weighted by molar-refractivity contribution is 5.96. The van der Waals surface area contributed by atoms with E-state index in [2.05, 4.69) is 10.5 Å². The molecule has 4 N–H and O–H groups in total. The molecule has 0 amide bonds. The first kappa shape index (κ1) is 13.4. The van der Waals surface area contributed by atoms with Crippen molar-refractivity contribution in [2.45, 2.75) is 32.2 Å². The fraction of sp³-hybridized carbons (Fsp3) is 0.562. The summed E-state index contributed by atoms with van der Waals surface area (Å²) in [7, 11) is 0. The molecule has 3 unspecified atom stereocenters. The third kappa shape index (κ3) is 2.80. The van der Waals surface area contributed by atoms with Gasteiger partial charge in [-0.15, -0.1) is 0 Å². The van der Waals surface area contributed by atoms with E-state index in [0.717, 1.165) is 36.4 Å². The van der Waals surface area contributed by atoms with Crippen LogP contribution in [-0.4, -0.2) is 17.6 Å². The van der Waals surface area contributed by atoms with Crippen LogP contribution in [0, 0.1) is 17.8 Å². The zero-order valence-corrected chi connectivity index (χ0v) is 11.8. The van der Waals surface area contributed by atoms with E-state index in [1.165, 1.54) is 31.2 Å². The second kappa shape index (κ2) is 5.83. The third-order valence-corrected chi connectivity index (χ3v) is 4.98. The van der Waals surface area contributed by atoms with E-state index < -0.39 is 0 Å². The molecule has 2 bridgehead atoms. The normalized spacial score (nSPS) is 29.0. The van der Waals surface area contributed by atoms with Gasteiger partial charge in [-0.3, -0.25) is 0 Å². The molecule has 0 aromatic heterocycles. The predicted octanol–water partition coefficient (Wildman–Crippen LogP) is 2.31. The van der Waals surface area contributed by atoms with Crippen molar-refractivity contribution in [3.63, 3.8) is 0 Å². The van der Waals surface area contributed by atoms with Crippen molar-refractivity contribution in [3.05, 3.63) is 35.4 Å². The minimum atomic E-state index is 0.159. The van der Waals surface area contributed by atoms with Crippen molar-refractivity contribution in [2.75, 3.05) is 6.54 Å². The maximum atomic E-state index is 8.62. The van der Waals surface area contributed by atoms with Gasteiger partial charge in [0.1, 0.15) is 0 Å². The van der Waals surface area contributed by atoms with Gasteiger partial charge in [0.05, 0.1) is 0 Å². The molecule has 1 aromatic rings. The molecule has 3 rings (SSSR count). The minimum Gasteiger partial charge on any atom is -0.409 e. The summed E-state index contributed by atoms with van der Waals surface area (Å²) in [4.78, 5) is 0. The van der Waals surface area contributed by atoms with Crippen LogP contribution in [-0.2, 0) is 6.54 Å². The average Bonchev–Trinajstić information content (AvgIpc) is 3.10. The number of hydrogen-bond donors (Lipinski definition) is 3. The highest BCUT2D eigenvalue weighted by Crippen LogP contribution is 2.47. The van der Waals surface area contributed by atoms with Crippen molar-refractivity contribution < 1.29 is 5.21 Å². The second-order valence-electron chi connectivity index (χ2n) is 6.25. The van der Waals surface area contributed by atoms with Gasteiger partial charge in [-0.2, -0.15) is 0 Å². The lowest BCUT2D eigenvalue weighted by atomic mass is 9.89. The molecule has 3 atom stereocenters. The van der Waals surface area contributed by atoms with Gasteiger partial charge < -0.3 is 16.3 Å². The molecule has 0 heterocycles. The van der Waals surface area contributed by atoms with Crippen LogP contribution >= 0.6 is 0 Å². The third-order valence-electron chi connectivity index (χ3n) is 4.98. The number of benzene rings is 1. The van der Waals surface area contributed by atoms with Crippen LogP contribution in [0.3, 0.4) is 0 Å². The Morgan fingerprint density at radius 1 is 1.25 bits per heavy atom. The van der Waals surface area contributed by atoms with E-state index in [9.17, 15) is 0 Å². The van der Waals surface area contributed by atoms with Crippen molar-refractivity contribution >= 4 is 5.84 Å². The Morgan fingerprint density at radius 3 is 2.65 bits per heavy atom. The number of rotatable bonds is 5. The molecule has 2 saturated carbocycles. The van der Waals surface area contributed by atoms with E-state index >= 15 is 0 Å². The summed E-state index contributed by atoms with van der Waals surface area (Å²) in [6, 6.07) is 7.84. The first-order chi connectivity index (χ1) is 9.76. The van der Waals surface area contributed by atoms with E-state index in [1.54, 1.807) is 0 Å². The van der Waals surface area contributed by atoms with E-state index in [1.807, 2.05) is 24.3 Å². The number of nitrogens with zero attached hydrogens (tertiary/aromatic N) is 1. The molecular formula is C16H23N3O. The quantitative estimate of drug-likeness (QED) is 0.334. The number of hydrogen-bond acceptors (Lipinski definition) is 3. The summed E-state index contributed by atoms with van der Waals surface area (Å²) in [5.74, 6) is 3.05.